The quantitative estimate of drug-likeness (QED) is 0.122. The number of carboxylic acids is 1. The maximum atomic E-state index is 12.0. The molecule has 0 N–H and O–H groups in total. The molecular formula is C27H45NO4. The molecule has 1 atom stereocenters. The Bertz CT molecular complexity index is 612. The molecule has 0 saturated heterocycles. The van der Waals surface area contributed by atoms with Crippen molar-refractivity contribution >= 4 is 11.9 Å². The van der Waals surface area contributed by atoms with Crippen LogP contribution in [0, 0.1) is 0 Å². The van der Waals surface area contributed by atoms with Gasteiger partial charge < -0.3 is 19.1 Å². The van der Waals surface area contributed by atoms with E-state index in [1.807, 2.05) is 21.1 Å². The lowest BCUT2D eigenvalue weighted by atomic mass is 10.2. The van der Waals surface area contributed by atoms with Gasteiger partial charge in [-0.2, -0.15) is 0 Å². The molecule has 0 heterocycles. The molecule has 0 rings (SSSR count). The van der Waals surface area contributed by atoms with Crippen LogP contribution in [0.1, 0.15) is 77.6 Å². The molecule has 0 aliphatic heterocycles. The summed E-state index contributed by atoms with van der Waals surface area (Å²) in [5.41, 5.74) is 0. The molecule has 0 spiro atoms. The molecule has 0 aliphatic carbocycles. The minimum absolute atomic E-state index is 0.265. The summed E-state index contributed by atoms with van der Waals surface area (Å²) in [6.07, 6.45) is 26.1. The van der Waals surface area contributed by atoms with Crippen molar-refractivity contribution in [2.75, 3.05) is 27.7 Å². The van der Waals surface area contributed by atoms with Crippen molar-refractivity contribution < 1.29 is 23.9 Å². The van der Waals surface area contributed by atoms with Crippen molar-refractivity contribution in [1.29, 1.82) is 0 Å². The first-order valence-corrected chi connectivity index (χ1v) is 12.0. The number of aliphatic carboxylic acids is 1. The van der Waals surface area contributed by atoms with Crippen LogP contribution in [0.2, 0.25) is 0 Å². The van der Waals surface area contributed by atoms with Gasteiger partial charge in [0.2, 0.25) is 0 Å². The van der Waals surface area contributed by atoms with Gasteiger partial charge in [0.15, 0.2) is 6.10 Å². The summed E-state index contributed by atoms with van der Waals surface area (Å²) in [5, 5.41) is 10.9. The average molecular weight is 448 g/mol. The van der Waals surface area contributed by atoms with Gasteiger partial charge >= 0.3 is 5.97 Å². The van der Waals surface area contributed by atoms with Crippen molar-refractivity contribution in [3.05, 3.63) is 48.6 Å². The van der Waals surface area contributed by atoms with Crippen molar-refractivity contribution in [2.45, 2.75) is 83.7 Å². The van der Waals surface area contributed by atoms with Crippen LogP contribution in [-0.4, -0.2) is 50.2 Å². The van der Waals surface area contributed by atoms with Crippen LogP contribution in [0.3, 0.4) is 0 Å². The van der Waals surface area contributed by atoms with Crippen LogP contribution in [0.25, 0.3) is 0 Å². The van der Waals surface area contributed by atoms with Gasteiger partial charge in [-0.25, -0.2) is 0 Å². The highest BCUT2D eigenvalue weighted by atomic mass is 16.5. The molecule has 1 unspecified atom stereocenters. The van der Waals surface area contributed by atoms with Crippen molar-refractivity contribution in [1.82, 2.24) is 0 Å². The second kappa shape index (κ2) is 19.5. The molecule has 0 saturated carbocycles. The smallest absolute Gasteiger partial charge is 0.306 e. The predicted molar refractivity (Wildman–Crippen MR) is 131 cm³/mol. The highest BCUT2D eigenvalue weighted by molar-refractivity contribution is 5.70. The molecule has 0 aliphatic rings. The van der Waals surface area contributed by atoms with Crippen LogP contribution >= 0.6 is 0 Å². The molecule has 0 bridgehead atoms. The van der Waals surface area contributed by atoms with E-state index in [0.717, 1.165) is 25.7 Å². The minimum atomic E-state index is -1.20. The molecular weight excluding hydrogens is 402 g/mol. The molecule has 0 fully saturated rings. The molecule has 32 heavy (non-hydrogen) atoms. The predicted octanol–water partition coefficient (Wildman–Crippen LogP) is 4.89. The number of rotatable bonds is 19. The Morgan fingerprint density at radius 3 is 1.78 bits per heavy atom. The van der Waals surface area contributed by atoms with Gasteiger partial charge in [-0.1, -0.05) is 68.4 Å². The zero-order chi connectivity index (χ0) is 24.1. The highest BCUT2D eigenvalue weighted by Crippen LogP contribution is 2.08. The number of quaternary nitrogens is 1. The molecule has 0 amide bonds. The van der Waals surface area contributed by atoms with Gasteiger partial charge in [0.1, 0.15) is 6.54 Å². The number of unbranched alkanes of at least 4 members (excludes halogenated alkanes) is 4. The number of carbonyl (C=O) groups is 2. The number of nitrogens with zero attached hydrogens (tertiary/aromatic N) is 1. The molecule has 5 heteroatoms. The van der Waals surface area contributed by atoms with Gasteiger partial charge in [-0.05, 0) is 44.9 Å². The van der Waals surface area contributed by atoms with Crippen LogP contribution in [-0.2, 0) is 14.3 Å². The van der Waals surface area contributed by atoms with Gasteiger partial charge in [0, 0.05) is 18.8 Å². The fourth-order valence-electron chi connectivity index (χ4n) is 3.11. The van der Waals surface area contributed by atoms with Crippen molar-refractivity contribution in [3.63, 3.8) is 0 Å². The molecule has 5 nitrogen and oxygen atoms in total. The fourth-order valence-corrected chi connectivity index (χ4v) is 3.11. The number of likely N-dealkylation sites (N-methyl/N-ethyl adjacent to an activating group) is 1. The first-order valence-electron chi connectivity index (χ1n) is 12.0. The Morgan fingerprint density at radius 2 is 1.31 bits per heavy atom. The van der Waals surface area contributed by atoms with E-state index < -0.39 is 12.1 Å². The number of esters is 1. The number of carbonyl (C=O) groups excluding carboxylic acids is 2. The lowest BCUT2D eigenvalue weighted by Gasteiger charge is -2.29. The number of allylic oxidation sites excluding steroid dienone is 8. The minimum Gasteiger partial charge on any atom is -0.550 e. The van der Waals surface area contributed by atoms with E-state index in [1.54, 1.807) is 0 Å². The number of hydrogen-bond acceptors (Lipinski definition) is 4. The van der Waals surface area contributed by atoms with Crippen molar-refractivity contribution in [3.8, 4) is 0 Å². The summed E-state index contributed by atoms with van der Waals surface area (Å²) in [6.45, 7) is 2.67. The summed E-state index contributed by atoms with van der Waals surface area (Å²) in [6, 6.07) is 0. The molecule has 0 radical (unpaired) electrons. The molecule has 0 aromatic heterocycles. The van der Waals surface area contributed by atoms with E-state index in [4.69, 9.17) is 4.74 Å². The molecule has 182 valence electrons. The summed E-state index contributed by atoms with van der Waals surface area (Å²) < 4.78 is 5.87. The Labute approximate surface area is 196 Å². The Balaban J connectivity index is 3.86. The molecule has 0 aromatic rings. The topological polar surface area (TPSA) is 66.4 Å². The summed E-state index contributed by atoms with van der Waals surface area (Å²) in [7, 11) is 5.79. The average Bonchev–Trinajstić information content (AvgIpc) is 2.68. The zero-order valence-electron chi connectivity index (χ0n) is 20.8. The Morgan fingerprint density at radius 1 is 0.812 bits per heavy atom. The second-order valence-corrected chi connectivity index (χ2v) is 9.14. The van der Waals surface area contributed by atoms with E-state index in [1.165, 1.54) is 25.7 Å². The number of ether oxygens (including phenoxy) is 1. The van der Waals surface area contributed by atoms with Crippen LogP contribution in [0.15, 0.2) is 48.6 Å². The van der Waals surface area contributed by atoms with Gasteiger partial charge in [-0.15, -0.1) is 0 Å². The third-order valence-electron chi connectivity index (χ3n) is 4.65. The third-order valence-corrected chi connectivity index (χ3v) is 4.65. The lowest BCUT2D eigenvalue weighted by molar-refractivity contribution is -0.873. The van der Waals surface area contributed by atoms with Gasteiger partial charge in [-0.3, -0.25) is 4.79 Å². The maximum Gasteiger partial charge on any atom is 0.306 e. The lowest BCUT2D eigenvalue weighted by Crippen LogP contribution is -2.45. The zero-order valence-corrected chi connectivity index (χ0v) is 20.8. The van der Waals surface area contributed by atoms with Gasteiger partial charge in [0.05, 0.1) is 21.1 Å². The largest absolute Gasteiger partial charge is 0.550 e. The van der Waals surface area contributed by atoms with E-state index in [0.29, 0.717) is 23.9 Å². The standard InChI is InChI=1S/C27H45NO4/c1-5-6-7-8-9-10-11-12-13-14-15-16-17-18-19-20-21-22-27(31)32-25(23-26(29)30)24-28(2,3)4/h9-10,12-13,15-16,18-19,25H,5-8,11,14,17,20-24H2,1-4H3/b10-9-,13-12-,16-15-,19-18-. The van der Waals surface area contributed by atoms with Crippen LogP contribution in [0.5, 0.6) is 0 Å². The Kier molecular flexibility index (Phi) is 18.2. The van der Waals surface area contributed by atoms with Crippen LogP contribution < -0.4 is 5.11 Å². The van der Waals surface area contributed by atoms with E-state index >= 15 is 0 Å². The third kappa shape index (κ3) is 22.5. The van der Waals surface area contributed by atoms with E-state index in [9.17, 15) is 14.7 Å². The van der Waals surface area contributed by atoms with Crippen LogP contribution in [0.4, 0.5) is 0 Å². The summed E-state index contributed by atoms with van der Waals surface area (Å²) in [4.78, 5) is 22.9. The SMILES string of the molecule is CCCCC/C=C\C/C=C\C/C=C\C/C=C\CCCC(=O)OC(CC(=O)[O-])C[N+](C)(C)C. The summed E-state index contributed by atoms with van der Waals surface area (Å²) >= 11 is 0. The molecule has 0 aromatic carbocycles. The first kappa shape index (κ1) is 29.9. The Hall–Kier alpha value is -2.14. The monoisotopic (exact) mass is 447 g/mol. The highest BCUT2D eigenvalue weighted by Gasteiger charge is 2.22. The van der Waals surface area contributed by atoms with E-state index in [2.05, 4.69) is 55.5 Å². The maximum absolute atomic E-state index is 12.0. The van der Waals surface area contributed by atoms with Gasteiger partial charge in [0.25, 0.3) is 0 Å². The number of carboxylic acid groups (broad SMARTS) is 1. The summed E-state index contributed by atoms with van der Waals surface area (Å²) in [5.74, 6) is -1.54. The first-order chi connectivity index (χ1) is 15.2. The van der Waals surface area contributed by atoms with E-state index in [-0.39, 0.29) is 12.4 Å². The normalized spacial score (nSPS) is 13.6. The second-order valence-electron chi connectivity index (χ2n) is 9.14. The van der Waals surface area contributed by atoms with Crippen molar-refractivity contribution in [2.24, 2.45) is 0 Å². The fraction of sp³-hybridized carbons (Fsp3) is 0.630. The number of hydrogen-bond donors (Lipinski definition) is 0.